The number of hydrogen-bond donors (Lipinski definition) is 2. The summed E-state index contributed by atoms with van der Waals surface area (Å²) in [5.74, 6) is -1.03. The lowest BCUT2D eigenvalue weighted by Crippen LogP contribution is -2.04. The first kappa shape index (κ1) is 15.6. The topological polar surface area (TPSA) is 61.7 Å². The predicted octanol–water partition coefficient (Wildman–Crippen LogP) is 3.85. The van der Waals surface area contributed by atoms with Crippen molar-refractivity contribution in [2.45, 2.75) is 6.18 Å². The lowest BCUT2D eigenvalue weighted by molar-refractivity contribution is -0.137. The SMILES string of the molecule is O=C(O)c1ccc(N/N=C/c2ccc(C(F)(F)F)cc2)cc1. The fourth-order valence-electron chi connectivity index (χ4n) is 1.63. The van der Waals surface area contributed by atoms with Crippen molar-refractivity contribution in [2.24, 2.45) is 5.10 Å². The number of carboxylic acids is 1. The zero-order chi connectivity index (χ0) is 16.2. The third kappa shape index (κ3) is 4.08. The van der Waals surface area contributed by atoms with Crippen LogP contribution in [0.4, 0.5) is 18.9 Å². The number of halogens is 3. The third-order valence-corrected chi connectivity index (χ3v) is 2.78. The molecule has 0 saturated heterocycles. The van der Waals surface area contributed by atoms with Crippen LogP contribution < -0.4 is 5.43 Å². The monoisotopic (exact) mass is 308 g/mol. The van der Waals surface area contributed by atoms with Gasteiger partial charge in [0.1, 0.15) is 0 Å². The van der Waals surface area contributed by atoms with Crippen molar-refractivity contribution in [1.29, 1.82) is 0 Å². The van der Waals surface area contributed by atoms with Gasteiger partial charge in [-0.15, -0.1) is 0 Å². The van der Waals surface area contributed by atoms with Crippen LogP contribution in [0.15, 0.2) is 53.6 Å². The number of anilines is 1. The van der Waals surface area contributed by atoms with Crippen molar-refractivity contribution >= 4 is 17.9 Å². The summed E-state index contributed by atoms with van der Waals surface area (Å²) in [6, 6.07) is 10.5. The molecule has 0 fully saturated rings. The van der Waals surface area contributed by atoms with Crippen LogP contribution >= 0.6 is 0 Å². The zero-order valence-corrected chi connectivity index (χ0v) is 11.1. The quantitative estimate of drug-likeness (QED) is 0.666. The van der Waals surface area contributed by atoms with Crippen LogP contribution in [0.3, 0.4) is 0 Å². The number of nitrogens with zero attached hydrogens (tertiary/aromatic N) is 1. The summed E-state index contributed by atoms with van der Waals surface area (Å²) in [5.41, 5.74) is 3.15. The van der Waals surface area contributed by atoms with Gasteiger partial charge in [-0.25, -0.2) is 4.79 Å². The minimum Gasteiger partial charge on any atom is -0.478 e. The van der Waals surface area contributed by atoms with Crippen LogP contribution in [0.5, 0.6) is 0 Å². The average molecular weight is 308 g/mol. The van der Waals surface area contributed by atoms with Crippen LogP contribution in [-0.4, -0.2) is 17.3 Å². The molecule has 0 aromatic heterocycles. The number of aromatic carboxylic acids is 1. The molecule has 0 radical (unpaired) electrons. The van der Waals surface area contributed by atoms with E-state index in [9.17, 15) is 18.0 Å². The molecule has 0 aliphatic heterocycles. The first-order valence-electron chi connectivity index (χ1n) is 6.16. The Hall–Kier alpha value is -2.83. The number of carbonyl (C=O) groups is 1. The van der Waals surface area contributed by atoms with Gasteiger partial charge < -0.3 is 5.11 Å². The second-order valence-electron chi connectivity index (χ2n) is 4.37. The molecule has 0 aliphatic rings. The van der Waals surface area contributed by atoms with Gasteiger partial charge in [-0.05, 0) is 42.0 Å². The van der Waals surface area contributed by atoms with Gasteiger partial charge in [-0.2, -0.15) is 18.3 Å². The molecule has 0 atom stereocenters. The fourth-order valence-corrected chi connectivity index (χ4v) is 1.63. The molecule has 2 N–H and O–H groups in total. The molecule has 0 unspecified atom stereocenters. The Morgan fingerprint density at radius 3 is 2.14 bits per heavy atom. The van der Waals surface area contributed by atoms with Crippen molar-refractivity contribution in [2.75, 3.05) is 5.43 Å². The Kier molecular flexibility index (Phi) is 4.45. The molecular formula is C15H11F3N2O2. The third-order valence-electron chi connectivity index (χ3n) is 2.78. The molecule has 114 valence electrons. The smallest absolute Gasteiger partial charge is 0.416 e. The van der Waals surface area contributed by atoms with E-state index in [2.05, 4.69) is 10.5 Å². The average Bonchev–Trinajstić information content (AvgIpc) is 2.47. The molecule has 0 bridgehead atoms. The summed E-state index contributed by atoms with van der Waals surface area (Å²) >= 11 is 0. The van der Waals surface area contributed by atoms with E-state index in [1.807, 2.05) is 0 Å². The van der Waals surface area contributed by atoms with Gasteiger partial charge in [-0.1, -0.05) is 12.1 Å². The highest BCUT2D eigenvalue weighted by Gasteiger charge is 2.29. The maximum atomic E-state index is 12.4. The van der Waals surface area contributed by atoms with Crippen molar-refractivity contribution in [3.05, 3.63) is 65.2 Å². The van der Waals surface area contributed by atoms with Crippen LogP contribution in [0.2, 0.25) is 0 Å². The molecule has 2 rings (SSSR count). The fraction of sp³-hybridized carbons (Fsp3) is 0.0667. The summed E-state index contributed by atoms with van der Waals surface area (Å²) in [6.45, 7) is 0. The van der Waals surface area contributed by atoms with Crippen LogP contribution in [0.25, 0.3) is 0 Å². The van der Waals surface area contributed by atoms with Crippen molar-refractivity contribution in [3.63, 3.8) is 0 Å². The van der Waals surface area contributed by atoms with Gasteiger partial charge in [-0.3, -0.25) is 5.43 Å². The maximum Gasteiger partial charge on any atom is 0.416 e. The van der Waals surface area contributed by atoms with Gasteiger partial charge in [0, 0.05) is 0 Å². The largest absolute Gasteiger partial charge is 0.478 e. The minimum absolute atomic E-state index is 0.150. The van der Waals surface area contributed by atoms with E-state index in [1.54, 1.807) is 0 Å². The second-order valence-corrected chi connectivity index (χ2v) is 4.37. The van der Waals surface area contributed by atoms with Crippen LogP contribution in [0.1, 0.15) is 21.5 Å². The highest BCUT2D eigenvalue weighted by Crippen LogP contribution is 2.28. The number of carboxylic acid groups (broad SMARTS) is 1. The minimum atomic E-state index is -4.36. The molecule has 4 nitrogen and oxygen atoms in total. The molecule has 2 aromatic rings. The van der Waals surface area contributed by atoms with Crippen molar-refractivity contribution < 1.29 is 23.1 Å². The molecular weight excluding hydrogens is 297 g/mol. The molecule has 2 aromatic carbocycles. The number of hydrogen-bond acceptors (Lipinski definition) is 3. The number of alkyl halides is 3. The van der Waals surface area contributed by atoms with E-state index >= 15 is 0 Å². The van der Waals surface area contributed by atoms with Crippen LogP contribution in [0, 0.1) is 0 Å². The standard InChI is InChI=1S/C15H11F3N2O2/c16-15(17,18)12-5-1-10(2-6-12)9-19-20-13-7-3-11(4-8-13)14(21)22/h1-9,20H,(H,21,22)/b19-9+. The molecule has 0 aliphatic carbocycles. The Morgan fingerprint density at radius 1 is 1.05 bits per heavy atom. The molecule has 0 spiro atoms. The molecule has 0 amide bonds. The normalized spacial score (nSPS) is 11.6. The zero-order valence-electron chi connectivity index (χ0n) is 11.1. The van der Waals surface area contributed by atoms with Gasteiger partial charge in [0.15, 0.2) is 0 Å². The Balaban J connectivity index is 1.99. The Bertz CT molecular complexity index is 677. The Labute approximate surface area is 123 Å². The summed E-state index contributed by atoms with van der Waals surface area (Å²) in [6.07, 6.45) is -2.99. The van der Waals surface area contributed by atoms with E-state index in [4.69, 9.17) is 5.11 Å². The summed E-state index contributed by atoms with van der Waals surface area (Å²) in [4.78, 5) is 10.7. The molecule has 22 heavy (non-hydrogen) atoms. The number of rotatable bonds is 4. The van der Waals surface area contributed by atoms with Crippen molar-refractivity contribution in [1.82, 2.24) is 0 Å². The maximum absolute atomic E-state index is 12.4. The van der Waals surface area contributed by atoms with Gasteiger partial charge >= 0.3 is 12.1 Å². The van der Waals surface area contributed by atoms with E-state index in [0.29, 0.717) is 11.3 Å². The first-order valence-corrected chi connectivity index (χ1v) is 6.16. The summed E-state index contributed by atoms with van der Waals surface area (Å²) in [7, 11) is 0. The number of benzene rings is 2. The van der Waals surface area contributed by atoms with Crippen LogP contribution in [-0.2, 0) is 6.18 Å². The van der Waals surface area contributed by atoms with E-state index in [-0.39, 0.29) is 5.56 Å². The first-order chi connectivity index (χ1) is 10.4. The summed E-state index contributed by atoms with van der Waals surface area (Å²) < 4.78 is 37.2. The summed E-state index contributed by atoms with van der Waals surface area (Å²) in [5, 5.41) is 12.6. The number of nitrogens with one attached hydrogen (secondary N) is 1. The predicted molar refractivity (Wildman–Crippen MR) is 76.1 cm³/mol. The second kappa shape index (κ2) is 6.30. The van der Waals surface area contributed by atoms with Gasteiger partial charge in [0.25, 0.3) is 0 Å². The van der Waals surface area contributed by atoms with E-state index < -0.39 is 17.7 Å². The highest BCUT2D eigenvalue weighted by molar-refractivity contribution is 5.88. The number of hydrazone groups is 1. The highest BCUT2D eigenvalue weighted by atomic mass is 19.4. The molecule has 0 saturated carbocycles. The van der Waals surface area contributed by atoms with E-state index in [1.165, 1.54) is 42.6 Å². The van der Waals surface area contributed by atoms with Crippen molar-refractivity contribution in [3.8, 4) is 0 Å². The van der Waals surface area contributed by atoms with Gasteiger partial charge in [0.2, 0.25) is 0 Å². The Morgan fingerprint density at radius 2 is 1.64 bits per heavy atom. The molecule has 0 heterocycles. The molecule has 7 heteroatoms. The lowest BCUT2D eigenvalue weighted by atomic mass is 10.1. The lowest BCUT2D eigenvalue weighted by Gasteiger charge is -2.05. The van der Waals surface area contributed by atoms with E-state index in [0.717, 1.165) is 12.1 Å². The van der Waals surface area contributed by atoms with Gasteiger partial charge in [0.05, 0.1) is 23.0 Å².